The Balaban J connectivity index is 1.43. The highest BCUT2D eigenvalue weighted by Crippen LogP contribution is 2.82. The average Bonchev–Trinajstić information content (AvgIpc) is 3.00. The molecule has 0 radical (unpaired) electrons. The molecule has 0 aromatic heterocycles. The summed E-state index contributed by atoms with van der Waals surface area (Å²) in [5.41, 5.74) is 1.54. The predicted octanol–water partition coefficient (Wildman–Crippen LogP) is 5.79. The third-order valence-corrected chi connectivity index (χ3v) is 10.4. The maximum Gasteiger partial charge on any atom is 0.306 e. The van der Waals surface area contributed by atoms with E-state index in [1.807, 2.05) is 12.1 Å². The number of rotatable bonds is 6. The van der Waals surface area contributed by atoms with Gasteiger partial charge in [-0.15, -0.1) is 0 Å². The van der Waals surface area contributed by atoms with Gasteiger partial charge in [0.2, 0.25) is 0 Å². The van der Waals surface area contributed by atoms with Gasteiger partial charge in [-0.1, -0.05) is 31.8 Å². The van der Waals surface area contributed by atoms with E-state index in [0.717, 1.165) is 17.9 Å². The summed E-state index contributed by atoms with van der Waals surface area (Å²) in [6.07, 6.45) is 7.13. The molecule has 4 heteroatoms. The van der Waals surface area contributed by atoms with Crippen LogP contribution in [0.25, 0.3) is 0 Å². The lowest BCUT2D eigenvalue weighted by Crippen LogP contribution is -2.63. The summed E-state index contributed by atoms with van der Waals surface area (Å²) in [6.45, 7) is 7.49. The number of carbonyl (C=O) groups is 1. The van der Waals surface area contributed by atoms with Gasteiger partial charge in [0.1, 0.15) is 5.82 Å². The van der Waals surface area contributed by atoms with Crippen molar-refractivity contribution in [3.05, 3.63) is 35.6 Å². The maximum atomic E-state index is 13.7. The molecule has 4 unspecified atom stereocenters. The summed E-state index contributed by atoms with van der Waals surface area (Å²) in [7, 11) is -1.21. The molecule has 1 spiro atoms. The fourth-order valence-corrected chi connectivity index (χ4v) is 8.68. The Morgan fingerprint density at radius 3 is 2.25 bits per heavy atom. The number of carbonyl (C=O) groups excluding carboxylic acids is 1. The molecule has 1 aromatic carbocycles. The van der Waals surface area contributed by atoms with Gasteiger partial charge in [-0.05, 0) is 84.9 Å². The van der Waals surface area contributed by atoms with E-state index in [2.05, 4.69) is 19.6 Å². The van der Waals surface area contributed by atoms with Gasteiger partial charge in [-0.25, -0.2) is 4.39 Å². The number of halogens is 1. The minimum Gasteiger partial charge on any atom is -0.466 e. The third-order valence-electron chi connectivity index (χ3n) is 8.71. The largest absolute Gasteiger partial charge is 0.466 e. The third kappa shape index (κ3) is 2.66. The smallest absolute Gasteiger partial charge is 0.306 e. The zero-order chi connectivity index (χ0) is 19.7. The zero-order valence-electron chi connectivity index (χ0n) is 17.5. The Kier molecular flexibility index (Phi) is 4.15. The second-order valence-corrected chi connectivity index (χ2v) is 17.1. The molecule has 0 saturated heterocycles. The number of ether oxygens (including phenoxy) is 1. The second-order valence-electron chi connectivity index (χ2n) is 11.4. The van der Waals surface area contributed by atoms with Crippen LogP contribution in [-0.4, -0.2) is 20.7 Å². The molecule has 4 aliphatic carbocycles. The van der Waals surface area contributed by atoms with Gasteiger partial charge in [0.05, 0.1) is 13.0 Å². The van der Waals surface area contributed by atoms with Crippen molar-refractivity contribution in [2.75, 3.05) is 6.61 Å². The fourth-order valence-electron chi connectivity index (χ4n) is 7.97. The molecular weight excluding hydrogens is 367 g/mol. The summed E-state index contributed by atoms with van der Waals surface area (Å²) < 4.78 is 19.4. The summed E-state index contributed by atoms with van der Waals surface area (Å²) in [6, 6.07) is 8.09. The van der Waals surface area contributed by atoms with Crippen molar-refractivity contribution in [2.45, 2.75) is 69.6 Å². The van der Waals surface area contributed by atoms with E-state index in [4.69, 9.17) is 4.74 Å². The Morgan fingerprint density at radius 2 is 1.68 bits per heavy atom. The standard InChI is InChI=1S/C24H33FO2Si/c1-28(2,3)9-8-27-22(26)15-24(18-4-6-19(25)7-5-18)20-11-16-10-17-12-21(24)23(20,13-16)14-17/h4-7,16-17,20-21H,8-15H2,1-3H3. The van der Waals surface area contributed by atoms with Crippen LogP contribution in [0.1, 0.15) is 44.1 Å². The Bertz CT molecular complexity index is 757. The lowest BCUT2D eigenvalue weighted by Gasteiger charge is -2.65. The number of benzene rings is 1. The summed E-state index contributed by atoms with van der Waals surface area (Å²) in [5, 5.41) is 0. The Morgan fingerprint density at radius 1 is 1.07 bits per heavy atom. The molecule has 0 N–H and O–H groups in total. The van der Waals surface area contributed by atoms with Crippen LogP contribution in [0.15, 0.2) is 24.3 Å². The van der Waals surface area contributed by atoms with E-state index in [-0.39, 0.29) is 17.2 Å². The van der Waals surface area contributed by atoms with E-state index in [1.54, 1.807) is 12.1 Å². The van der Waals surface area contributed by atoms with Crippen molar-refractivity contribution < 1.29 is 13.9 Å². The molecule has 1 aromatic rings. The minimum absolute atomic E-state index is 0.0383. The summed E-state index contributed by atoms with van der Waals surface area (Å²) in [4.78, 5) is 13.0. The lowest BCUT2D eigenvalue weighted by atomic mass is 9.38. The average molecular weight is 401 g/mol. The molecule has 2 nitrogen and oxygen atoms in total. The normalized spacial score (nSPS) is 40.3. The molecule has 28 heavy (non-hydrogen) atoms. The van der Waals surface area contributed by atoms with Gasteiger partial charge in [0.15, 0.2) is 0 Å². The van der Waals surface area contributed by atoms with Crippen LogP contribution in [0.3, 0.4) is 0 Å². The molecule has 5 rings (SSSR count). The zero-order valence-corrected chi connectivity index (χ0v) is 18.5. The molecule has 4 saturated carbocycles. The molecule has 4 atom stereocenters. The lowest BCUT2D eigenvalue weighted by molar-refractivity contribution is -0.159. The van der Waals surface area contributed by atoms with E-state index < -0.39 is 8.07 Å². The van der Waals surface area contributed by atoms with E-state index >= 15 is 0 Å². The number of fused-ring (bicyclic) bond motifs is 2. The van der Waals surface area contributed by atoms with E-state index in [9.17, 15) is 9.18 Å². The van der Waals surface area contributed by atoms with Gasteiger partial charge in [-0.2, -0.15) is 0 Å². The molecular formula is C24H33FO2Si. The first-order chi connectivity index (χ1) is 13.2. The van der Waals surface area contributed by atoms with E-state index in [0.29, 0.717) is 30.3 Å². The maximum absolute atomic E-state index is 13.7. The summed E-state index contributed by atoms with van der Waals surface area (Å²) >= 11 is 0. The highest BCUT2D eigenvalue weighted by molar-refractivity contribution is 6.76. The van der Waals surface area contributed by atoms with Crippen LogP contribution in [0, 0.1) is 34.9 Å². The first-order valence-electron chi connectivity index (χ1n) is 11.1. The number of hydrogen-bond acceptors (Lipinski definition) is 2. The molecule has 4 aliphatic rings. The van der Waals surface area contributed by atoms with Crippen LogP contribution < -0.4 is 0 Å². The van der Waals surface area contributed by atoms with Gasteiger partial charge in [0, 0.05) is 13.5 Å². The molecule has 152 valence electrons. The molecule has 4 fully saturated rings. The number of esters is 1. The SMILES string of the molecule is C[Si](C)(C)CCOC(=O)CC1(c2ccc(F)cc2)C2CC3CC4CC1C2(C3)C4. The van der Waals surface area contributed by atoms with Crippen molar-refractivity contribution in [1.29, 1.82) is 0 Å². The highest BCUT2D eigenvalue weighted by atomic mass is 28.3. The van der Waals surface area contributed by atoms with Crippen molar-refractivity contribution in [1.82, 2.24) is 0 Å². The van der Waals surface area contributed by atoms with Crippen LogP contribution in [-0.2, 0) is 14.9 Å². The van der Waals surface area contributed by atoms with Gasteiger partial charge in [-0.3, -0.25) is 4.79 Å². The van der Waals surface area contributed by atoms with Crippen molar-refractivity contribution in [2.24, 2.45) is 29.1 Å². The molecule has 3 bridgehead atoms. The molecule has 0 heterocycles. The van der Waals surface area contributed by atoms with Gasteiger partial charge < -0.3 is 4.74 Å². The Labute approximate surface area is 169 Å². The second kappa shape index (κ2) is 6.17. The van der Waals surface area contributed by atoms with Crippen LogP contribution in [0.5, 0.6) is 0 Å². The predicted molar refractivity (Wildman–Crippen MR) is 111 cm³/mol. The number of hydrogen-bond donors (Lipinski definition) is 0. The highest BCUT2D eigenvalue weighted by Gasteiger charge is 2.77. The van der Waals surface area contributed by atoms with Crippen molar-refractivity contribution >= 4 is 14.0 Å². The quantitative estimate of drug-likeness (QED) is 0.446. The van der Waals surface area contributed by atoms with Crippen molar-refractivity contribution in [3.63, 3.8) is 0 Å². The van der Waals surface area contributed by atoms with Crippen LogP contribution in [0.2, 0.25) is 25.7 Å². The summed E-state index contributed by atoms with van der Waals surface area (Å²) in [5.74, 6) is 2.62. The monoisotopic (exact) mass is 400 g/mol. The van der Waals surface area contributed by atoms with Crippen molar-refractivity contribution in [3.8, 4) is 0 Å². The Hall–Kier alpha value is -1.16. The molecule has 0 amide bonds. The topological polar surface area (TPSA) is 26.3 Å². The first-order valence-corrected chi connectivity index (χ1v) is 14.9. The molecule has 0 aliphatic heterocycles. The van der Waals surface area contributed by atoms with Gasteiger partial charge in [0.25, 0.3) is 0 Å². The van der Waals surface area contributed by atoms with Gasteiger partial charge >= 0.3 is 5.97 Å². The first kappa shape index (κ1) is 18.8. The fraction of sp³-hybridized carbons (Fsp3) is 0.708. The van der Waals surface area contributed by atoms with Crippen LogP contribution in [0.4, 0.5) is 4.39 Å². The van der Waals surface area contributed by atoms with Crippen LogP contribution >= 0.6 is 0 Å². The minimum atomic E-state index is -1.21. The van der Waals surface area contributed by atoms with E-state index in [1.165, 1.54) is 37.7 Å².